The van der Waals surface area contributed by atoms with Crippen LogP contribution in [0, 0.1) is 0 Å². The predicted octanol–water partition coefficient (Wildman–Crippen LogP) is 2.32. The van der Waals surface area contributed by atoms with Gasteiger partial charge in [-0.15, -0.1) is 0 Å². The van der Waals surface area contributed by atoms with Crippen molar-refractivity contribution in [1.29, 1.82) is 0 Å². The van der Waals surface area contributed by atoms with Crippen LogP contribution < -0.4 is 10.5 Å². The van der Waals surface area contributed by atoms with Crippen LogP contribution in [0.5, 0.6) is 5.75 Å². The minimum absolute atomic E-state index is 0.198. The number of rotatable bonds is 7. The summed E-state index contributed by atoms with van der Waals surface area (Å²) < 4.78 is 10.9. The average Bonchev–Trinajstić information content (AvgIpc) is 2.35. The van der Waals surface area contributed by atoms with Gasteiger partial charge in [-0.05, 0) is 31.0 Å². The molecule has 0 aliphatic rings. The van der Waals surface area contributed by atoms with E-state index in [0.29, 0.717) is 18.2 Å². The summed E-state index contributed by atoms with van der Waals surface area (Å²) in [5.41, 5.74) is 6.73. The predicted molar refractivity (Wildman–Crippen MR) is 73.5 cm³/mol. The molecule has 1 aromatic rings. The minimum atomic E-state index is -0.198. The van der Waals surface area contributed by atoms with Gasteiger partial charge in [-0.25, -0.2) is 0 Å². The van der Waals surface area contributed by atoms with Crippen LogP contribution in [0.25, 0.3) is 0 Å². The van der Waals surface area contributed by atoms with Crippen LogP contribution in [0.3, 0.4) is 0 Å². The highest BCUT2D eigenvalue weighted by Crippen LogP contribution is 2.12. The molecule has 94 valence electrons. The molecule has 3 nitrogen and oxygen atoms in total. The van der Waals surface area contributed by atoms with Gasteiger partial charge in [0, 0.05) is 0 Å². The normalized spacial score (nSPS) is 12.1. The first kappa shape index (κ1) is 13.9. The van der Waals surface area contributed by atoms with Crippen molar-refractivity contribution in [2.45, 2.75) is 26.4 Å². The Morgan fingerprint density at radius 3 is 2.47 bits per heavy atom. The van der Waals surface area contributed by atoms with Crippen molar-refractivity contribution < 1.29 is 9.47 Å². The highest BCUT2D eigenvalue weighted by molar-refractivity contribution is 7.80. The molecule has 0 saturated carbocycles. The van der Waals surface area contributed by atoms with E-state index >= 15 is 0 Å². The maximum atomic E-state index is 5.53. The summed E-state index contributed by atoms with van der Waals surface area (Å²) in [5.74, 6) is 0.855. The lowest BCUT2D eigenvalue weighted by Gasteiger charge is -2.12. The highest BCUT2D eigenvalue weighted by Gasteiger charge is 2.04. The van der Waals surface area contributed by atoms with Crippen molar-refractivity contribution in [1.82, 2.24) is 0 Å². The molecule has 1 aromatic carbocycles. The van der Waals surface area contributed by atoms with Gasteiger partial charge in [0.2, 0.25) is 0 Å². The lowest BCUT2D eigenvalue weighted by molar-refractivity contribution is 0.0810. The fourth-order valence-corrected chi connectivity index (χ4v) is 1.36. The third kappa shape index (κ3) is 5.15. The maximum absolute atomic E-state index is 5.53. The van der Waals surface area contributed by atoms with Crippen molar-refractivity contribution >= 4 is 17.2 Å². The van der Waals surface area contributed by atoms with Gasteiger partial charge >= 0.3 is 0 Å². The molecule has 0 aromatic heterocycles. The van der Waals surface area contributed by atoms with E-state index in [9.17, 15) is 0 Å². The summed E-state index contributed by atoms with van der Waals surface area (Å²) in [4.78, 5) is 0.372. The molecule has 0 aliphatic heterocycles. The molecule has 0 heterocycles. The Morgan fingerprint density at radius 1 is 1.29 bits per heavy atom. The minimum Gasteiger partial charge on any atom is -0.491 e. The Kier molecular flexibility index (Phi) is 5.94. The third-order valence-corrected chi connectivity index (χ3v) is 2.78. The standard InChI is InChI=1S/C13H19NO2S/c1-3-11-4-6-12(7-5-11)16-9-8-15-10(2)13(14)17/h4-7,10H,3,8-9H2,1-2H3,(H2,14,17). The van der Waals surface area contributed by atoms with Crippen LogP contribution in [0.4, 0.5) is 0 Å². The summed E-state index contributed by atoms with van der Waals surface area (Å²) in [6.07, 6.45) is 0.838. The van der Waals surface area contributed by atoms with Crippen molar-refractivity contribution in [2.24, 2.45) is 5.73 Å². The summed E-state index contributed by atoms with van der Waals surface area (Å²) in [6.45, 7) is 4.94. The van der Waals surface area contributed by atoms with E-state index in [1.807, 2.05) is 19.1 Å². The largest absolute Gasteiger partial charge is 0.491 e. The fraction of sp³-hybridized carbons (Fsp3) is 0.462. The second kappa shape index (κ2) is 7.25. The van der Waals surface area contributed by atoms with Crippen LogP contribution in [-0.4, -0.2) is 24.3 Å². The fourth-order valence-electron chi connectivity index (χ4n) is 1.29. The SMILES string of the molecule is CCc1ccc(OCCOC(C)C(N)=S)cc1. The molecule has 0 radical (unpaired) electrons. The molecule has 1 rings (SSSR count). The quantitative estimate of drug-likeness (QED) is 0.598. The molecule has 17 heavy (non-hydrogen) atoms. The van der Waals surface area contributed by atoms with E-state index in [1.165, 1.54) is 5.56 Å². The summed E-state index contributed by atoms with van der Waals surface area (Å²) in [7, 11) is 0. The molecule has 0 amide bonds. The van der Waals surface area contributed by atoms with E-state index in [0.717, 1.165) is 12.2 Å². The van der Waals surface area contributed by atoms with Crippen LogP contribution in [0.15, 0.2) is 24.3 Å². The Hall–Kier alpha value is -1.13. The van der Waals surface area contributed by atoms with Crippen LogP contribution >= 0.6 is 12.2 Å². The van der Waals surface area contributed by atoms with Gasteiger partial charge in [-0.2, -0.15) is 0 Å². The summed E-state index contributed by atoms with van der Waals surface area (Å²) >= 11 is 4.80. The van der Waals surface area contributed by atoms with Gasteiger partial charge in [0.15, 0.2) is 0 Å². The molecular weight excluding hydrogens is 234 g/mol. The van der Waals surface area contributed by atoms with Gasteiger partial charge in [0.05, 0.1) is 6.61 Å². The lowest BCUT2D eigenvalue weighted by atomic mass is 10.2. The molecular formula is C13H19NO2S. The first-order chi connectivity index (χ1) is 8.13. The molecule has 4 heteroatoms. The second-order valence-electron chi connectivity index (χ2n) is 3.76. The molecule has 0 aliphatic carbocycles. The Labute approximate surface area is 108 Å². The highest BCUT2D eigenvalue weighted by atomic mass is 32.1. The van der Waals surface area contributed by atoms with Crippen LogP contribution in [0.2, 0.25) is 0 Å². The average molecular weight is 253 g/mol. The van der Waals surface area contributed by atoms with E-state index < -0.39 is 0 Å². The number of nitrogens with two attached hydrogens (primary N) is 1. The zero-order valence-electron chi connectivity index (χ0n) is 10.3. The molecule has 2 N–H and O–H groups in total. The third-order valence-electron chi connectivity index (χ3n) is 2.45. The topological polar surface area (TPSA) is 44.5 Å². The molecule has 1 unspecified atom stereocenters. The Morgan fingerprint density at radius 2 is 1.94 bits per heavy atom. The molecule has 0 bridgehead atoms. The van der Waals surface area contributed by atoms with E-state index in [4.69, 9.17) is 27.4 Å². The second-order valence-corrected chi connectivity index (χ2v) is 4.23. The van der Waals surface area contributed by atoms with Crippen molar-refractivity contribution in [3.63, 3.8) is 0 Å². The number of benzene rings is 1. The number of ether oxygens (including phenoxy) is 2. The summed E-state index contributed by atoms with van der Waals surface area (Å²) in [5, 5.41) is 0. The zero-order chi connectivity index (χ0) is 12.7. The molecule has 0 spiro atoms. The van der Waals surface area contributed by atoms with Gasteiger partial charge in [-0.3, -0.25) is 0 Å². The van der Waals surface area contributed by atoms with E-state index in [-0.39, 0.29) is 6.10 Å². The van der Waals surface area contributed by atoms with Crippen LogP contribution in [-0.2, 0) is 11.2 Å². The Balaban J connectivity index is 2.24. The van der Waals surface area contributed by atoms with E-state index in [2.05, 4.69) is 19.1 Å². The van der Waals surface area contributed by atoms with Gasteiger partial charge in [0.25, 0.3) is 0 Å². The molecule has 1 atom stereocenters. The van der Waals surface area contributed by atoms with Crippen molar-refractivity contribution in [3.8, 4) is 5.75 Å². The molecule has 0 fully saturated rings. The smallest absolute Gasteiger partial charge is 0.119 e. The first-order valence-corrected chi connectivity index (χ1v) is 6.17. The molecule has 0 saturated heterocycles. The first-order valence-electron chi connectivity index (χ1n) is 5.76. The summed E-state index contributed by atoms with van der Waals surface area (Å²) in [6, 6.07) is 8.06. The van der Waals surface area contributed by atoms with Gasteiger partial charge < -0.3 is 15.2 Å². The zero-order valence-corrected chi connectivity index (χ0v) is 11.1. The maximum Gasteiger partial charge on any atom is 0.119 e. The lowest BCUT2D eigenvalue weighted by Crippen LogP contribution is -2.27. The van der Waals surface area contributed by atoms with Crippen molar-refractivity contribution in [3.05, 3.63) is 29.8 Å². The number of hydrogen-bond donors (Lipinski definition) is 1. The van der Waals surface area contributed by atoms with E-state index in [1.54, 1.807) is 0 Å². The van der Waals surface area contributed by atoms with Crippen LogP contribution in [0.1, 0.15) is 19.4 Å². The number of aryl methyl sites for hydroxylation is 1. The van der Waals surface area contributed by atoms with Crippen molar-refractivity contribution in [2.75, 3.05) is 13.2 Å². The Bertz CT molecular complexity index is 351. The van der Waals surface area contributed by atoms with Gasteiger partial charge in [-0.1, -0.05) is 31.3 Å². The monoisotopic (exact) mass is 253 g/mol. The number of hydrogen-bond acceptors (Lipinski definition) is 3. The van der Waals surface area contributed by atoms with Gasteiger partial charge in [0.1, 0.15) is 23.4 Å². The number of thiocarbonyl (C=S) groups is 1.